The van der Waals surface area contributed by atoms with Gasteiger partial charge in [0.15, 0.2) is 0 Å². The van der Waals surface area contributed by atoms with Crippen molar-refractivity contribution in [1.82, 2.24) is 0 Å². The van der Waals surface area contributed by atoms with Gasteiger partial charge in [-0.15, -0.1) is 6.58 Å². The molecule has 1 amide bonds. The molecule has 2 rings (SSSR count). The van der Waals surface area contributed by atoms with Gasteiger partial charge < -0.3 is 10.0 Å². The molecular weight excluding hydrogens is 264 g/mol. The summed E-state index contributed by atoms with van der Waals surface area (Å²) in [6.45, 7) is 4.02. The first-order chi connectivity index (χ1) is 9.43. The van der Waals surface area contributed by atoms with Crippen LogP contribution in [0, 0.1) is 16.0 Å². The Hall–Kier alpha value is -2.70. The van der Waals surface area contributed by atoms with Crippen molar-refractivity contribution in [3.63, 3.8) is 0 Å². The molecule has 1 aromatic carbocycles. The van der Waals surface area contributed by atoms with Crippen LogP contribution in [0.1, 0.15) is 16.8 Å². The molecule has 7 nitrogen and oxygen atoms in total. The highest BCUT2D eigenvalue weighted by molar-refractivity contribution is 5.98. The second-order valence-corrected chi connectivity index (χ2v) is 4.47. The Balaban J connectivity index is 2.42. The molecule has 0 saturated carbocycles. The maximum absolute atomic E-state index is 11.8. The van der Waals surface area contributed by atoms with Crippen molar-refractivity contribution in [1.29, 1.82) is 0 Å². The second-order valence-electron chi connectivity index (χ2n) is 4.47. The summed E-state index contributed by atoms with van der Waals surface area (Å²) in [5, 5.41) is 19.8. The van der Waals surface area contributed by atoms with Crippen molar-refractivity contribution in [2.75, 3.05) is 11.4 Å². The van der Waals surface area contributed by atoms with Gasteiger partial charge in [-0.25, -0.2) is 4.79 Å². The van der Waals surface area contributed by atoms with E-state index >= 15 is 0 Å². The fraction of sp³-hybridized carbons (Fsp3) is 0.231. The maximum Gasteiger partial charge on any atom is 0.342 e. The molecule has 1 aromatic rings. The van der Waals surface area contributed by atoms with Crippen molar-refractivity contribution in [3.05, 3.63) is 46.5 Å². The molecule has 0 aliphatic carbocycles. The number of nitrogens with zero attached hydrogens (tertiary/aromatic N) is 2. The van der Waals surface area contributed by atoms with Crippen LogP contribution in [0.2, 0.25) is 0 Å². The molecule has 1 unspecified atom stereocenters. The van der Waals surface area contributed by atoms with Crippen molar-refractivity contribution >= 4 is 23.3 Å². The number of nitro groups is 1. The van der Waals surface area contributed by atoms with E-state index in [4.69, 9.17) is 5.11 Å². The van der Waals surface area contributed by atoms with Crippen LogP contribution in [0.4, 0.5) is 11.4 Å². The molecule has 20 heavy (non-hydrogen) atoms. The fourth-order valence-corrected chi connectivity index (χ4v) is 2.16. The topological polar surface area (TPSA) is 101 Å². The maximum atomic E-state index is 11.8. The SMILES string of the molecule is C=CC1CC(=O)N(c2ccc(C(=O)O)c([N+](=O)[O-])c2)C1. The zero-order valence-electron chi connectivity index (χ0n) is 10.5. The summed E-state index contributed by atoms with van der Waals surface area (Å²) in [6.07, 6.45) is 1.97. The number of carbonyl (C=O) groups is 2. The van der Waals surface area contributed by atoms with E-state index in [2.05, 4.69) is 6.58 Å². The lowest BCUT2D eigenvalue weighted by molar-refractivity contribution is -0.385. The average Bonchev–Trinajstić information content (AvgIpc) is 2.79. The van der Waals surface area contributed by atoms with Crippen LogP contribution >= 0.6 is 0 Å². The van der Waals surface area contributed by atoms with Crippen LogP contribution in [-0.4, -0.2) is 28.5 Å². The molecule has 1 N–H and O–H groups in total. The smallest absolute Gasteiger partial charge is 0.342 e. The Morgan fingerprint density at radius 2 is 2.25 bits per heavy atom. The number of anilines is 1. The van der Waals surface area contributed by atoms with Gasteiger partial charge in [0.05, 0.1) is 10.6 Å². The standard InChI is InChI=1S/C13H12N2O5/c1-2-8-5-12(16)14(7-8)9-3-4-10(13(17)18)11(6-9)15(19)20/h2-4,6,8H,1,5,7H2,(H,17,18). The molecule has 1 atom stereocenters. The number of carboxylic acid groups (broad SMARTS) is 1. The molecule has 0 spiro atoms. The summed E-state index contributed by atoms with van der Waals surface area (Å²) in [4.78, 5) is 34.3. The van der Waals surface area contributed by atoms with Gasteiger partial charge in [-0.1, -0.05) is 6.08 Å². The quantitative estimate of drug-likeness (QED) is 0.513. The van der Waals surface area contributed by atoms with E-state index in [-0.39, 0.29) is 11.8 Å². The van der Waals surface area contributed by atoms with Crippen molar-refractivity contribution in [2.45, 2.75) is 6.42 Å². The highest BCUT2D eigenvalue weighted by Gasteiger charge is 2.30. The third kappa shape index (κ3) is 2.37. The third-order valence-corrected chi connectivity index (χ3v) is 3.21. The van der Waals surface area contributed by atoms with Crippen molar-refractivity contribution in [3.8, 4) is 0 Å². The number of hydrogen-bond donors (Lipinski definition) is 1. The van der Waals surface area contributed by atoms with Gasteiger partial charge >= 0.3 is 5.97 Å². The van der Waals surface area contributed by atoms with Gasteiger partial charge in [0.25, 0.3) is 5.69 Å². The monoisotopic (exact) mass is 276 g/mol. The molecule has 1 aliphatic heterocycles. The minimum absolute atomic E-state index is 0.000654. The lowest BCUT2D eigenvalue weighted by Gasteiger charge is -2.16. The summed E-state index contributed by atoms with van der Waals surface area (Å²) in [6, 6.07) is 3.66. The zero-order chi connectivity index (χ0) is 14.9. The molecule has 0 aromatic heterocycles. The van der Waals surface area contributed by atoms with Crippen LogP contribution < -0.4 is 4.90 Å². The average molecular weight is 276 g/mol. The highest BCUT2D eigenvalue weighted by Crippen LogP contribution is 2.30. The number of rotatable bonds is 4. The minimum atomic E-state index is -1.38. The van der Waals surface area contributed by atoms with Gasteiger partial charge in [0.2, 0.25) is 5.91 Å². The summed E-state index contributed by atoms with van der Waals surface area (Å²) >= 11 is 0. The molecule has 0 radical (unpaired) electrons. The largest absolute Gasteiger partial charge is 0.477 e. The Kier molecular flexibility index (Phi) is 3.51. The molecule has 1 heterocycles. The fourth-order valence-electron chi connectivity index (χ4n) is 2.16. The van der Waals surface area contributed by atoms with E-state index in [1.165, 1.54) is 11.0 Å². The molecule has 1 saturated heterocycles. The number of carbonyl (C=O) groups excluding carboxylic acids is 1. The summed E-state index contributed by atoms with van der Waals surface area (Å²) < 4.78 is 0. The number of amides is 1. The van der Waals surface area contributed by atoms with E-state index in [1.54, 1.807) is 6.08 Å². The van der Waals surface area contributed by atoms with E-state index < -0.39 is 22.1 Å². The summed E-state index contributed by atoms with van der Waals surface area (Å²) in [5.74, 6) is -1.53. The van der Waals surface area contributed by atoms with Crippen LogP contribution in [0.25, 0.3) is 0 Å². The number of hydrogen-bond acceptors (Lipinski definition) is 4. The number of benzene rings is 1. The Bertz CT molecular complexity index is 611. The lowest BCUT2D eigenvalue weighted by atomic mass is 10.1. The summed E-state index contributed by atoms with van der Waals surface area (Å²) in [5.41, 5.74) is -0.591. The number of aromatic carboxylic acids is 1. The van der Waals surface area contributed by atoms with Crippen LogP contribution in [0.3, 0.4) is 0 Å². The molecule has 1 aliphatic rings. The zero-order valence-corrected chi connectivity index (χ0v) is 10.5. The normalized spacial score (nSPS) is 18.1. The first-order valence-electron chi connectivity index (χ1n) is 5.88. The van der Waals surface area contributed by atoms with E-state index in [0.717, 1.165) is 12.1 Å². The molecule has 7 heteroatoms. The van der Waals surface area contributed by atoms with Gasteiger partial charge in [-0.2, -0.15) is 0 Å². The molecular formula is C13H12N2O5. The van der Waals surface area contributed by atoms with Crippen molar-refractivity contribution in [2.24, 2.45) is 5.92 Å². The Labute approximate surface area is 114 Å². The Morgan fingerprint density at radius 1 is 1.55 bits per heavy atom. The molecule has 0 bridgehead atoms. The third-order valence-electron chi connectivity index (χ3n) is 3.21. The second kappa shape index (κ2) is 5.12. The summed E-state index contributed by atoms with van der Waals surface area (Å²) in [7, 11) is 0. The van der Waals surface area contributed by atoms with Gasteiger partial charge in [-0.05, 0) is 12.1 Å². The van der Waals surface area contributed by atoms with Gasteiger partial charge in [0.1, 0.15) is 5.56 Å². The van der Waals surface area contributed by atoms with Crippen LogP contribution in [-0.2, 0) is 4.79 Å². The Morgan fingerprint density at radius 3 is 2.75 bits per heavy atom. The number of nitro benzene ring substituents is 1. The van der Waals surface area contributed by atoms with Crippen LogP contribution in [0.15, 0.2) is 30.9 Å². The van der Waals surface area contributed by atoms with E-state index in [1.807, 2.05) is 0 Å². The van der Waals surface area contributed by atoms with E-state index in [9.17, 15) is 19.7 Å². The minimum Gasteiger partial charge on any atom is -0.477 e. The van der Waals surface area contributed by atoms with Gasteiger partial charge in [-0.3, -0.25) is 14.9 Å². The highest BCUT2D eigenvalue weighted by atomic mass is 16.6. The predicted molar refractivity (Wildman–Crippen MR) is 70.7 cm³/mol. The molecule has 1 fully saturated rings. The first-order valence-corrected chi connectivity index (χ1v) is 5.88. The van der Waals surface area contributed by atoms with E-state index in [0.29, 0.717) is 18.7 Å². The molecule has 104 valence electrons. The first kappa shape index (κ1) is 13.7. The predicted octanol–water partition coefficient (Wildman–Crippen LogP) is 1.83. The number of carboxylic acids is 1. The lowest BCUT2D eigenvalue weighted by Crippen LogP contribution is -2.24. The van der Waals surface area contributed by atoms with Crippen LogP contribution in [0.5, 0.6) is 0 Å². The van der Waals surface area contributed by atoms with Gasteiger partial charge in [0, 0.05) is 24.9 Å². The van der Waals surface area contributed by atoms with Crippen molar-refractivity contribution < 1.29 is 19.6 Å².